The number of nitrogens with zero attached hydrogens (tertiary/aromatic N) is 1. The molecule has 0 bridgehead atoms. The van der Waals surface area contributed by atoms with Crippen molar-refractivity contribution in [1.82, 2.24) is 4.57 Å². The van der Waals surface area contributed by atoms with E-state index in [4.69, 9.17) is 5.11 Å². The minimum Gasteiger partial charge on any atom is -0.392 e. The number of aliphatic hydroxyl groups is 1. The topological polar surface area (TPSA) is 25.2 Å². The average Bonchev–Trinajstić information content (AvgIpc) is 2.61. The molecular weight excluding hydrogens is 206 g/mol. The van der Waals surface area contributed by atoms with Gasteiger partial charge in [0, 0.05) is 18.1 Å². The third-order valence-electron chi connectivity index (χ3n) is 2.16. The van der Waals surface area contributed by atoms with Gasteiger partial charge < -0.3 is 9.67 Å². The van der Waals surface area contributed by atoms with Crippen molar-refractivity contribution in [3.05, 3.63) is 48.2 Å². The Kier molecular flexibility index (Phi) is 3.14. The highest BCUT2D eigenvalue weighted by molar-refractivity contribution is 7.99. The van der Waals surface area contributed by atoms with Gasteiger partial charge in [-0.1, -0.05) is 30.0 Å². The van der Waals surface area contributed by atoms with Crippen molar-refractivity contribution in [2.45, 2.75) is 16.5 Å². The molecule has 2 aromatic rings. The van der Waals surface area contributed by atoms with Crippen LogP contribution in [-0.4, -0.2) is 9.67 Å². The van der Waals surface area contributed by atoms with E-state index in [1.165, 1.54) is 4.90 Å². The van der Waals surface area contributed by atoms with Crippen LogP contribution in [0.25, 0.3) is 0 Å². The summed E-state index contributed by atoms with van der Waals surface area (Å²) in [5.74, 6) is 0. The van der Waals surface area contributed by atoms with Gasteiger partial charge in [-0.05, 0) is 23.8 Å². The smallest absolute Gasteiger partial charge is 0.0797 e. The summed E-state index contributed by atoms with van der Waals surface area (Å²) in [6, 6.07) is 12.2. The highest BCUT2D eigenvalue weighted by atomic mass is 32.2. The van der Waals surface area contributed by atoms with E-state index in [1.54, 1.807) is 11.8 Å². The second-order valence-electron chi connectivity index (χ2n) is 3.37. The fraction of sp³-hybridized carbons (Fsp3) is 0.167. The zero-order valence-electron chi connectivity index (χ0n) is 8.55. The van der Waals surface area contributed by atoms with Crippen molar-refractivity contribution in [2.75, 3.05) is 0 Å². The van der Waals surface area contributed by atoms with Crippen LogP contribution < -0.4 is 0 Å². The predicted molar refractivity (Wildman–Crippen MR) is 61.9 cm³/mol. The second-order valence-corrected chi connectivity index (χ2v) is 4.46. The summed E-state index contributed by atoms with van der Waals surface area (Å²) in [4.78, 5) is 1.21. The Hall–Kier alpha value is -1.19. The number of aromatic nitrogens is 1. The lowest BCUT2D eigenvalue weighted by Gasteiger charge is -2.01. The lowest BCUT2D eigenvalue weighted by molar-refractivity contribution is 0.282. The second kappa shape index (κ2) is 4.55. The standard InChI is InChI=1S/C12H13NOS/c1-13-8-10(9-14)7-12(13)15-11-5-3-2-4-6-11/h2-8,14H,9H2,1H3. The van der Waals surface area contributed by atoms with E-state index in [2.05, 4.69) is 12.1 Å². The third kappa shape index (κ3) is 2.43. The van der Waals surface area contributed by atoms with Crippen LogP contribution in [0, 0.1) is 0 Å². The highest BCUT2D eigenvalue weighted by Gasteiger charge is 2.03. The molecule has 2 nitrogen and oxygen atoms in total. The Bertz CT molecular complexity index is 436. The first-order chi connectivity index (χ1) is 7.29. The van der Waals surface area contributed by atoms with Crippen molar-refractivity contribution in [3.8, 4) is 0 Å². The van der Waals surface area contributed by atoms with Crippen molar-refractivity contribution in [3.63, 3.8) is 0 Å². The summed E-state index contributed by atoms with van der Waals surface area (Å²) >= 11 is 1.70. The molecule has 0 unspecified atom stereocenters. The van der Waals surface area contributed by atoms with Crippen LogP contribution in [0.2, 0.25) is 0 Å². The molecule has 0 atom stereocenters. The van der Waals surface area contributed by atoms with Gasteiger partial charge in [0.2, 0.25) is 0 Å². The number of rotatable bonds is 3. The monoisotopic (exact) mass is 219 g/mol. The van der Waals surface area contributed by atoms with Crippen LogP contribution in [0.5, 0.6) is 0 Å². The number of benzene rings is 1. The molecule has 0 saturated carbocycles. The Labute approximate surface area is 93.6 Å². The quantitative estimate of drug-likeness (QED) is 0.858. The predicted octanol–water partition coefficient (Wildman–Crippen LogP) is 2.67. The van der Waals surface area contributed by atoms with E-state index >= 15 is 0 Å². The largest absolute Gasteiger partial charge is 0.392 e. The maximum atomic E-state index is 9.02. The lowest BCUT2D eigenvalue weighted by atomic mass is 10.4. The van der Waals surface area contributed by atoms with Gasteiger partial charge in [0.15, 0.2) is 0 Å². The van der Waals surface area contributed by atoms with E-state index in [9.17, 15) is 0 Å². The minimum atomic E-state index is 0.100. The Morgan fingerprint density at radius 1 is 1.27 bits per heavy atom. The first-order valence-electron chi connectivity index (χ1n) is 4.78. The summed E-state index contributed by atoms with van der Waals surface area (Å²) in [5.41, 5.74) is 0.955. The molecule has 1 aromatic carbocycles. The van der Waals surface area contributed by atoms with Crippen molar-refractivity contribution >= 4 is 11.8 Å². The van der Waals surface area contributed by atoms with E-state index in [-0.39, 0.29) is 6.61 Å². The molecule has 0 radical (unpaired) electrons. The van der Waals surface area contributed by atoms with Gasteiger partial charge in [0.25, 0.3) is 0 Å². The van der Waals surface area contributed by atoms with Gasteiger partial charge in [-0.15, -0.1) is 0 Å². The van der Waals surface area contributed by atoms with Crippen LogP contribution in [0.15, 0.2) is 52.5 Å². The molecule has 0 spiro atoms. The van der Waals surface area contributed by atoms with Gasteiger partial charge in [-0.3, -0.25) is 0 Å². The number of aryl methyl sites for hydroxylation is 1. The van der Waals surface area contributed by atoms with Crippen LogP contribution in [0.3, 0.4) is 0 Å². The Balaban J connectivity index is 2.21. The van der Waals surface area contributed by atoms with Gasteiger partial charge >= 0.3 is 0 Å². The lowest BCUT2D eigenvalue weighted by Crippen LogP contribution is -1.86. The SMILES string of the molecule is Cn1cc(CO)cc1Sc1ccccc1. The zero-order valence-corrected chi connectivity index (χ0v) is 9.37. The molecule has 0 saturated heterocycles. The molecule has 0 amide bonds. The summed E-state index contributed by atoms with van der Waals surface area (Å²) < 4.78 is 2.03. The normalized spacial score (nSPS) is 10.5. The molecule has 0 aliphatic carbocycles. The zero-order chi connectivity index (χ0) is 10.7. The van der Waals surface area contributed by atoms with E-state index in [0.29, 0.717) is 0 Å². The molecule has 0 fully saturated rings. The molecular formula is C12H13NOS. The van der Waals surface area contributed by atoms with Gasteiger partial charge in [-0.2, -0.15) is 0 Å². The van der Waals surface area contributed by atoms with Crippen molar-refractivity contribution < 1.29 is 5.11 Å². The first kappa shape index (κ1) is 10.3. The van der Waals surface area contributed by atoms with Crippen molar-refractivity contribution in [2.24, 2.45) is 7.05 Å². The third-order valence-corrected chi connectivity index (χ3v) is 3.29. The molecule has 78 valence electrons. The fourth-order valence-corrected chi connectivity index (χ4v) is 2.35. The Morgan fingerprint density at radius 2 is 2.00 bits per heavy atom. The average molecular weight is 219 g/mol. The van der Waals surface area contributed by atoms with Crippen LogP contribution in [-0.2, 0) is 13.7 Å². The molecule has 1 N–H and O–H groups in total. The van der Waals surface area contributed by atoms with Crippen LogP contribution in [0.4, 0.5) is 0 Å². The number of hydrogen-bond donors (Lipinski definition) is 1. The summed E-state index contributed by atoms with van der Waals surface area (Å²) in [7, 11) is 1.99. The summed E-state index contributed by atoms with van der Waals surface area (Å²) in [6.07, 6.45) is 1.95. The summed E-state index contributed by atoms with van der Waals surface area (Å²) in [5, 5.41) is 10.2. The molecule has 0 aliphatic rings. The van der Waals surface area contributed by atoms with Gasteiger partial charge in [0.1, 0.15) is 0 Å². The maximum Gasteiger partial charge on any atom is 0.0797 e. The number of hydrogen-bond acceptors (Lipinski definition) is 2. The first-order valence-corrected chi connectivity index (χ1v) is 5.60. The van der Waals surface area contributed by atoms with Crippen LogP contribution in [0.1, 0.15) is 5.56 Å². The van der Waals surface area contributed by atoms with E-state index in [0.717, 1.165) is 10.6 Å². The Morgan fingerprint density at radius 3 is 2.60 bits per heavy atom. The van der Waals surface area contributed by atoms with Gasteiger partial charge in [0.05, 0.1) is 11.6 Å². The highest BCUT2D eigenvalue weighted by Crippen LogP contribution is 2.28. The van der Waals surface area contributed by atoms with Crippen molar-refractivity contribution in [1.29, 1.82) is 0 Å². The number of aliphatic hydroxyl groups excluding tert-OH is 1. The molecule has 0 aliphatic heterocycles. The molecule has 1 heterocycles. The van der Waals surface area contributed by atoms with E-state index < -0.39 is 0 Å². The molecule has 3 heteroatoms. The maximum absolute atomic E-state index is 9.02. The fourth-order valence-electron chi connectivity index (χ4n) is 1.41. The van der Waals surface area contributed by atoms with Gasteiger partial charge in [-0.25, -0.2) is 0 Å². The van der Waals surface area contributed by atoms with E-state index in [1.807, 2.05) is 42.1 Å². The summed E-state index contributed by atoms with van der Waals surface area (Å²) in [6.45, 7) is 0.100. The molecule has 1 aromatic heterocycles. The molecule has 15 heavy (non-hydrogen) atoms. The minimum absolute atomic E-state index is 0.100. The van der Waals surface area contributed by atoms with Crippen LogP contribution >= 0.6 is 11.8 Å². The molecule has 2 rings (SSSR count).